The molecule has 0 aliphatic carbocycles. The molecule has 1 heterocycles. The van der Waals surface area contributed by atoms with Crippen molar-refractivity contribution in [2.24, 2.45) is 5.10 Å². The Morgan fingerprint density at radius 1 is 0.800 bits per heavy atom. The fourth-order valence-corrected chi connectivity index (χ4v) is 3.39. The van der Waals surface area contributed by atoms with E-state index in [2.05, 4.69) is 96.9 Å². The summed E-state index contributed by atoms with van der Waals surface area (Å²) in [7, 11) is 0. The van der Waals surface area contributed by atoms with Gasteiger partial charge in [0, 0.05) is 0 Å². The number of para-hydroxylation sites is 1. The maximum Gasteiger partial charge on any atom is 0.0779 e. The minimum absolute atomic E-state index is 0.274. The highest BCUT2D eigenvalue weighted by Gasteiger charge is 2.26. The van der Waals surface area contributed by atoms with Crippen molar-refractivity contribution in [3.63, 3.8) is 0 Å². The molecule has 0 aromatic heterocycles. The van der Waals surface area contributed by atoms with Gasteiger partial charge in [-0.3, -0.25) is 5.01 Å². The van der Waals surface area contributed by atoms with E-state index in [1.165, 1.54) is 16.7 Å². The molecule has 1 aliphatic heterocycles. The third-order valence-electron chi connectivity index (χ3n) is 4.77. The summed E-state index contributed by atoms with van der Waals surface area (Å²) in [6.45, 7) is 2.13. The van der Waals surface area contributed by atoms with E-state index < -0.39 is 0 Å². The molecular formula is C23H22N2. The lowest BCUT2D eigenvalue weighted by Crippen LogP contribution is -2.30. The van der Waals surface area contributed by atoms with E-state index in [9.17, 15) is 0 Å². The molecule has 0 saturated heterocycles. The van der Waals surface area contributed by atoms with E-state index in [0.29, 0.717) is 0 Å². The summed E-state index contributed by atoms with van der Waals surface area (Å²) < 4.78 is 0. The number of hydrogen-bond donors (Lipinski definition) is 0. The fourth-order valence-electron chi connectivity index (χ4n) is 3.39. The van der Waals surface area contributed by atoms with Crippen molar-refractivity contribution < 1.29 is 0 Å². The quantitative estimate of drug-likeness (QED) is 0.599. The second-order valence-electron chi connectivity index (χ2n) is 6.56. The van der Waals surface area contributed by atoms with E-state index in [0.717, 1.165) is 24.2 Å². The summed E-state index contributed by atoms with van der Waals surface area (Å²) in [5.74, 6) is 0. The average Bonchev–Trinajstić information content (AvgIpc) is 2.70. The van der Waals surface area contributed by atoms with Crippen LogP contribution in [-0.4, -0.2) is 5.71 Å². The molecule has 0 saturated carbocycles. The summed E-state index contributed by atoms with van der Waals surface area (Å²) in [6, 6.07) is 30.1. The summed E-state index contributed by atoms with van der Waals surface area (Å²) in [5.41, 5.74) is 6.13. The molecule has 1 atom stereocenters. The van der Waals surface area contributed by atoms with Crippen molar-refractivity contribution in [2.75, 3.05) is 5.01 Å². The van der Waals surface area contributed by atoms with Gasteiger partial charge in [0.05, 0.1) is 17.4 Å². The Morgan fingerprint density at radius 2 is 1.44 bits per heavy atom. The van der Waals surface area contributed by atoms with E-state index in [-0.39, 0.29) is 6.04 Å². The largest absolute Gasteiger partial charge is 0.258 e. The third kappa shape index (κ3) is 3.34. The number of nitrogens with zero attached hydrogens (tertiary/aromatic N) is 2. The summed E-state index contributed by atoms with van der Waals surface area (Å²) in [4.78, 5) is 0. The molecule has 25 heavy (non-hydrogen) atoms. The number of anilines is 1. The van der Waals surface area contributed by atoms with Gasteiger partial charge >= 0.3 is 0 Å². The molecule has 2 nitrogen and oxygen atoms in total. The van der Waals surface area contributed by atoms with Gasteiger partial charge in [0.15, 0.2) is 0 Å². The molecule has 3 aromatic carbocycles. The normalized spacial score (nSPS) is 17.2. The number of hydrazone groups is 1. The van der Waals surface area contributed by atoms with Crippen LogP contribution < -0.4 is 5.01 Å². The monoisotopic (exact) mass is 326 g/mol. The predicted molar refractivity (Wildman–Crippen MR) is 105 cm³/mol. The van der Waals surface area contributed by atoms with Gasteiger partial charge in [-0.05, 0) is 43.0 Å². The van der Waals surface area contributed by atoms with Crippen molar-refractivity contribution in [2.45, 2.75) is 25.8 Å². The first kappa shape index (κ1) is 15.6. The van der Waals surface area contributed by atoms with Crippen molar-refractivity contribution >= 4 is 11.4 Å². The molecule has 0 bridgehead atoms. The van der Waals surface area contributed by atoms with E-state index >= 15 is 0 Å². The predicted octanol–water partition coefficient (Wildman–Crippen LogP) is 5.74. The Labute approximate surface area is 149 Å². The van der Waals surface area contributed by atoms with Crippen LogP contribution in [-0.2, 0) is 0 Å². The zero-order valence-corrected chi connectivity index (χ0v) is 14.5. The first-order valence-electron chi connectivity index (χ1n) is 8.85. The first-order valence-corrected chi connectivity index (χ1v) is 8.85. The molecule has 0 N–H and O–H groups in total. The van der Waals surface area contributed by atoms with Gasteiger partial charge in [0.1, 0.15) is 0 Å². The SMILES string of the molecule is Cc1ccc(C2CCC(c3ccccc3)=NN2c2ccccc2)cc1. The van der Waals surface area contributed by atoms with Crippen molar-refractivity contribution in [1.82, 2.24) is 0 Å². The van der Waals surface area contributed by atoms with Crippen LogP contribution in [0, 0.1) is 6.92 Å². The average molecular weight is 326 g/mol. The Hall–Kier alpha value is -2.87. The fraction of sp³-hybridized carbons (Fsp3) is 0.174. The van der Waals surface area contributed by atoms with Crippen molar-refractivity contribution in [3.05, 3.63) is 102 Å². The lowest BCUT2D eigenvalue weighted by molar-refractivity contribution is 0.578. The lowest BCUT2D eigenvalue weighted by atomic mass is 9.94. The van der Waals surface area contributed by atoms with Gasteiger partial charge in [-0.1, -0.05) is 78.4 Å². The molecule has 3 aromatic rings. The Balaban J connectivity index is 1.75. The highest BCUT2D eigenvalue weighted by atomic mass is 15.5. The third-order valence-corrected chi connectivity index (χ3v) is 4.77. The van der Waals surface area contributed by atoms with Crippen molar-refractivity contribution in [3.8, 4) is 0 Å². The zero-order chi connectivity index (χ0) is 17.1. The molecule has 124 valence electrons. The number of aryl methyl sites for hydroxylation is 1. The van der Waals surface area contributed by atoms with Crippen LogP contribution in [0.15, 0.2) is 90.0 Å². The van der Waals surface area contributed by atoms with Gasteiger partial charge in [0.2, 0.25) is 0 Å². The van der Waals surface area contributed by atoms with E-state index in [4.69, 9.17) is 5.10 Å². The smallest absolute Gasteiger partial charge is 0.0779 e. The summed E-state index contributed by atoms with van der Waals surface area (Å²) >= 11 is 0. The molecule has 0 fully saturated rings. The lowest BCUT2D eigenvalue weighted by Gasteiger charge is -2.34. The number of hydrogen-bond acceptors (Lipinski definition) is 2. The molecule has 0 radical (unpaired) electrons. The van der Waals surface area contributed by atoms with Crippen LogP contribution >= 0.6 is 0 Å². The Bertz CT molecular complexity index is 852. The topological polar surface area (TPSA) is 15.6 Å². The summed E-state index contributed by atoms with van der Waals surface area (Å²) in [5, 5.41) is 7.24. The second kappa shape index (κ2) is 6.94. The maximum absolute atomic E-state index is 5.05. The molecule has 0 spiro atoms. The molecule has 1 unspecified atom stereocenters. The van der Waals surface area contributed by atoms with Crippen LogP contribution in [0.25, 0.3) is 0 Å². The number of benzene rings is 3. The second-order valence-corrected chi connectivity index (χ2v) is 6.56. The minimum atomic E-state index is 0.274. The van der Waals surface area contributed by atoms with Gasteiger partial charge in [-0.25, -0.2) is 0 Å². The van der Waals surface area contributed by atoms with Gasteiger partial charge < -0.3 is 0 Å². The van der Waals surface area contributed by atoms with E-state index in [1.807, 2.05) is 0 Å². The highest BCUT2D eigenvalue weighted by molar-refractivity contribution is 6.01. The first-order chi connectivity index (χ1) is 12.3. The highest BCUT2D eigenvalue weighted by Crippen LogP contribution is 2.35. The molecule has 4 rings (SSSR count). The van der Waals surface area contributed by atoms with Crippen LogP contribution in [0.1, 0.15) is 35.6 Å². The molecule has 1 aliphatic rings. The minimum Gasteiger partial charge on any atom is -0.258 e. The maximum atomic E-state index is 5.05. The standard InChI is InChI=1S/C23H22N2/c1-18-12-14-20(15-13-18)23-17-16-22(19-8-4-2-5-9-19)24-25(23)21-10-6-3-7-11-21/h2-15,23H,16-17H2,1H3. The van der Waals surface area contributed by atoms with Crippen LogP contribution in [0.4, 0.5) is 5.69 Å². The Morgan fingerprint density at radius 3 is 2.12 bits per heavy atom. The van der Waals surface area contributed by atoms with Crippen molar-refractivity contribution in [1.29, 1.82) is 0 Å². The molecule has 0 amide bonds. The van der Waals surface area contributed by atoms with Crippen LogP contribution in [0.3, 0.4) is 0 Å². The Kier molecular flexibility index (Phi) is 4.34. The number of rotatable bonds is 3. The van der Waals surface area contributed by atoms with Crippen LogP contribution in [0.2, 0.25) is 0 Å². The molecule has 2 heteroatoms. The van der Waals surface area contributed by atoms with Gasteiger partial charge in [-0.15, -0.1) is 0 Å². The zero-order valence-electron chi connectivity index (χ0n) is 14.5. The molecular weight excluding hydrogens is 304 g/mol. The summed E-state index contributed by atoms with van der Waals surface area (Å²) in [6.07, 6.45) is 2.05. The van der Waals surface area contributed by atoms with Gasteiger partial charge in [-0.2, -0.15) is 5.10 Å². The van der Waals surface area contributed by atoms with E-state index in [1.54, 1.807) is 0 Å². The van der Waals surface area contributed by atoms with Gasteiger partial charge in [0.25, 0.3) is 0 Å². The van der Waals surface area contributed by atoms with Crippen LogP contribution in [0.5, 0.6) is 0 Å².